The van der Waals surface area contributed by atoms with Gasteiger partial charge in [0, 0.05) is 17.2 Å². The summed E-state index contributed by atoms with van der Waals surface area (Å²) in [6.07, 6.45) is 2.00. The van der Waals surface area contributed by atoms with Gasteiger partial charge in [0.25, 0.3) is 5.56 Å². The highest BCUT2D eigenvalue weighted by Crippen LogP contribution is 2.34. The molecule has 2 atom stereocenters. The van der Waals surface area contributed by atoms with Crippen molar-refractivity contribution in [2.24, 2.45) is 5.92 Å². The van der Waals surface area contributed by atoms with Crippen molar-refractivity contribution in [3.8, 4) is 16.8 Å². The van der Waals surface area contributed by atoms with Gasteiger partial charge in [0.05, 0.1) is 50.0 Å². The highest BCUT2D eigenvalue weighted by molar-refractivity contribution is 7.21. The lowest BCUT2D eigenvalue weighted by atomic mass is 10.0. The van der Waals surface area contributed by atoms with E-state index in [1.54, 1.807) is 27.7 Å². The van der Waals surface area contributed by atoms with Crippen molar-refractivity contribution in [2.45, 2.75) is 65.8 Å². The first-order chi connectivity index (χ1) is 20.3. The Bertz CT molecular complexity index is 1800. The van der Waals surface area contributed by atoms with Gasteiger partial charge in [-0.15, -0.1) is 4.80 Å². The number of aryl methyl sites for hydroxylation is 1. The number of halogens is 1. The van der Waals surface area contributed by atoms with E-state index in [1.165, 1.54) is 60.9 Å². The summed E-state index contributed by atoms with van der Waals surface area (Å²) in [5.41, 5.74) is -2.17. The molecule has 0 aliphatic heterocycles. The van der Waals surface area contributed by atoms with Crippen molar-refractivity contribution in [3.05, 3.63) is 68.4 Å². The van der Waals surface area contributed by atoms with Crippen molar-refractivity contribution in [1.29, 1.82) is 5.26 Å². The zero-order valence-electron chi connectivity index (χ0n) is 25.0. The van der Waals surface area contributed by atoms with Gasteiger partial charge in [0.2, 0.25) is 5.91 Å². The molecule has 4 aromatic rings. The van der Waals surface area contributed by atoms with Crippen molar-refractivity contribution in [3.63, 3.8) is 0 Å². The molecular formula is C29H34FN7O5S. The van der Waals surface area contributed by atoms with Crippen molar-refractivity contribution in [1.82, 2.24) is 29.4 Å². The van der Waals surface area contributed by atoms with Crippen LogP contribution >= 0.6 is 11.3 Å². The lowest BCUT2D eigenvalue weighted by molar-refractivity contribution is -0.129. The summed E-state index contributed by atoms with van der Waals surface area (Å²) in [6.45, 7) is 9.74. The SMILES string of the molecule is COc1ccc(F)cc1[C@H](Cn1c(=O)n(C(C)(C)C(=O)NC(C)C)c(=O)c2c(C)c(-n3nccn3)sc21)OC[C@H](C)C#N. The van der Waals surface area contributed by atoms with Crippen LogP contribution in [0.4, 0.5) is 4.39 Å². The Morgan fingerprint density at radius 1 is 1.21 bits per heavy atom. The molecule has 0 saturated heterocycles. The molecule has 1 amide bonds. The Labute approximate surface area is 251 Å². The number of hydrogen-bond acceptors (Lipinski definition) is 9. The molecule has 0 aliphatic rings. The van der Waals surface area contributed by atoms with Gasteiger partial charge in [-0.1, -0.05) is 11.3 Å². The van der Waals surface area contributed by atoms with Gasteiger partial charge in [0.1, 0.15) is 33.0 Å². The molecule has 0 saturated carbocycles. The number of rotatable bonds is 11. The molecule has 3 aromatic heterocycles. The van der Waals surface area contributed by atoms with E-state index in [9.17, 15) is 24.0 Å². The van der Waals surface area contributed by atoms with Gasteiger partial charge in [-0.3, -0.25) is 14.2 Å². The monoisotopic (exact) mass is 611 g/mol. The van der Waals surface area contributed by atoms with Crippen molar-refractivity contribution in [2.75, 3.05) is 13.7 Å². The number of methoxy groups -OCH3 is 1. The molecule has 0 fully saturated rings. The minimum atomic E-state index is -1.59. The molecule has 0 spiro atoms. The third-order valence-corrected chi connectivity index (χ3v) is 8.26. The van der Waals surface area contributed by atoms with Crippen LogP contribution in [0.15, 0.2) is 40.2 Å². The first-order valence-electron chi connectivity index (χ1n) is 13.6. The van der Waals surface area contributed by atoms with E-state index in [1.807, 2.05) is 0 Å². The number of nitrogens with one attached hydrogen (secondary N) is 1. The smallest absolute Gasteiger partial charge is 0.333 e. The summed E-state index contributed by atoms with van der Waals surface area (Å²) in [5.74, 6) is -1.26. The molecule has 1 aromatic carbocycles. The van der Waals surface area contributed by atoms with Gasteiger partial charge in [0.15, 0.2) is 0 Å². The summed E-state index contributed by atoms with van der Waals surface area (Å²) in [6, 6.07) is 5.80. The molecule has 0 aliphatic carbocycles. The number of carbonyl (C=O) groups is 1. The number of carbonyl (C=O) groups excluding carboxylic acids is 1. The average molecular weight is 612 g/mol. The number of hydrogen-bond donors (Lipinski definition) is 1. The van der Waals surface area contributed by atoms with Crippen LogP contribution in [0.1, 0.15) is 51.8 Å². The number of benzene rings is 1. The van der Waals surface area contributed by atoms with E-state index in [0.29, 0.717) is 26.7 Å². The largest absolute Gasteiger partial charge is 0.496 e. The molecule has 14 heteroatoms. The van der Waals surface area contributed by atoms with Crippen LogP contribution in [0.2, 0.25) is 0 Å². The van der Waals surface area contributed by atoms with E-state index in [2.05, 4.69) is 21.6 Å². The van der Waals surface area contributed by atoms with Crippen LogP contribution < -0.4 is 21.3 Å². The number of amides is 1. The van der Waals surface area contributed by atoms with E-state index >= 15 is 0 Å². The van der Waals surface area contributed by atoms with Crippen LogP contribution in [0.5, 0.6) is 5.75 Å². The Kier molecular flexibility index (Phi) is 9.17. The fourth-order valence-corrected chi connectivity index (χ4v) is 5.92. The summed E-state index contributed by atoms with van der Waals surface area (Å²) in [5, 5.41) is 21.3. The third-order valence-electron chi connectivity index (χ3n) is 6.98. The molecule has 12 nitrogen and oxygen atoms in total. The predicted octanol–water partition coefficient (Wildman–Crippen LogP) is 3.44. The van der Waals surface area contributed by atoms with Crippen LogP contribution in [0, 0.1) is 30.0 Å². The summed E-state index contributed by atoms with van der Waals surface area (Å²) >= 11 is 1.13. The van der Waals surface area contributed by atoms with E-state index < -0.39 is 40.5 Å². The van der Waals surface area contributed by atoms with E-state index in [0.717, 1.165) is 15.9 Å². The molecule has 228 valence electrons. The second kappa shape index (κ2) is 12.5. The summed E-state index contributed by atoms with van der Waals surface area (Å²) in [7, 11) is 1.43. The number of nitrogens with zero attached hydrogens (tertiary/aromatic N) is 6. The van der Waals surface area contributed by atoms with Crippen molar-refractivity contribution >= 4 is 27.5 Å². The van der Waals surface area contributed by atoms with Crippen LogP contribution in [0.25, 0.3) is 15.2 Å². The van der Waals surface area contributed by atoms with E-state index in [-0.39, 0.29) is 24.6 Å². The van der Waals surface area contributed by atoms with Gasteiger partial charge < -0.3 is 14.8 Å². The second-order valence-electron chi connectivity index (χ2n) is 11.0. The van der Waals surface area contributed by atoms with Gasteiger partial charge in [-0.05, 0) is 59.7 Å². The van der Waals surface area contributed by atoms with Gasteiger partial charge >= 0.3 is 5.69 Å². The number of fused-ring (bicyclic) bond motifs is 1. The topological polar surface area (TPSA) is 146 Å². The zero-order chi connectivity index (χ0) is 31.6. The average Bonchev–Trinajstić information content (AvgIpc) is 3.60. The Morgan fingerprint density at radius 3 is 2.49 bits per heavy atom. The lowest BCUT2D eigenvalue weighted by Gasteiger charge is -2.28. The fraction of sp³-hybridized carbons (Fsp3) is 0.448. The Balaban J connectivity index is 2.03. The number of nitriles is 1. The van der Waals surface area contributed by atoms with Gasteiger partial charge in [-0.25, -0.2) is 13.8 Å². The molecule has 4 rings (SSSR count). The first-order valence-corrected chi connectivity index (χ1v) is 14.4. The van der Waals surface area contributed by atoms with Crippen LogP contribution in [0.3, 0.4) is 0 Å². The molecular weight excluding hydrogens is 577 g/mol. The molecule has 3 heterocycles. The minimum Gasteiger partial charge on any atom is -0.496 e. The number of thiophene rings is 1. The van der Waals surface area contributed by atoms with Crippen molar-refractivity contribution < 1.29 is 18.7 Å². The minimum absolute atomic E-state index is 0.0213. The maximum absolute atomic E-state index is 14.5. The quantitative estimate of drug-likeness (QED) is 0.271. The maximum Gasteiger partial charge on any atom is 0.333 e. The summed E-state index contributed by atoms with van der Waals surface area (Å²) in [4.78, 5) is 43.4. The third kappa shape index (κ3) is 6.09. The predicted molar refractivity (Wildman–Crippen MR) is 159 cm³/mol. The van der Waals surface area contributed by atoms with Crippen LogP contribution in [-0.2, 0) is 21.6 Å². The molecule has 0 unspecified atom stereocenters. The summed E-state index contributed by atoms with van der Waals surface area (Å²) < 4.78 is 28.4. The maximum atomic E-state index is 14.5. The normalized spacial score (nSPS) is 13.2. The number of aromatic nitrogens is 5. The lowest BCUT2D eigenvalue weighted by Crippen LogP contribution is -2.56. The first kappa shape index (κ1) is 31.6. The standard InChI is InChI=1S/C29H34FN7O5S/c1-16(2)34-27(39)29(5,6)36-24(38)23-18(4)25(37-32-10-11-33-37)43-26(23)35(28(36)40)14-22(42-15-17(3)13-31)20-12-19(30)8-9-21(20)41-7/h8-12,16-17,22H,14-15H2,1-7H3,(H,34,39)/t17-,22+/m1/s1. The second-order valence-corrected chi connectivity index (χ2v) is 12.0. The van der Waals surface area contributed by atoms with Gasteiger partial charge in [-0.2, -0.15) is 15.5 Å². The fourth-order valence-electron chi connectivity index (χ4n) is 4.70. The highest BCUT2D eigenvalue weighted by atomic mass is 32.1. The Morgan fingerprint density at radius 2 is 1.88 bits per heavy atom. The van der Waals surface area contributed by atoms with Crippen LogP contribution in [-0.4, -0.2) is 49.8 Å². The molecule has 0 radical (unpaired) electrons. The molecule has 1 N–H and O–H groups in total. The highest BCUT2D eigenvalue weighted by Gasteiger charge is 2.36. The molecule has 43 heavy (non-hydrogen) atoms. The molecule has 0 bridgehead atoms. The van der Waals surface area contributed by atoms with E-state index in [4.69, 9.17) is 9.47 Å². The zero-order valence-corrected chi connectivity index (χ0v) is 25.9. The number of ether oxygens (including phenoxy) is 2. The Hall–Kier alpha value is -4.35.